The van der Waals surface area contributed by atoms with Gasteiger partial charge in [-0.15, -0.1) is 0 Å². The van der Waals surface area contributed by atoms with Crippen molar-refractivity contribution in [2.75, 3.05) is 40.4 Å². The summed E-state index contributed by atoms with van der Waals surface area (Å²) in [5, 5.41) is 7.56. The number of rotatable bonds is 6. The molecule has 1 amide bonds. The van der Waals surface area contributed by atoms with Crippen molar-refractivity contribution < 1.29 is 14.3 Å². The predicted octanol–water partition coefficient (Wildman–Crippen LogP) is 2.66. The molecule has 172 valence electrons. The number of likely N-dealkylation sites (tertiary alicyclic amines) is 2. The number of nitrogens with one attached hydrogen (secondary N) is 1. The van der Waals surface area contributed by atoms with Gasteiger partial charge < -0.3 is 14.4 Å². The summed E-state index contributed by atoms with van der Waals surface area (Å²) in [7, 11) is 3.17. The van der Waals surface area contributed by atoms with Crippen LogP contribution in [0.2, 0.25) is 0 Å². The van der Waals surface area contributed by atoms with Gasteiger partial charge in [-0.25, -0.2) is 4.98 Å². The maximum Gasteiger partial charge on any atom is 0.257 e. The zero-order valence-corrected chi connectivity index (χ0v) is 19.2. The Morgan fingerprint density at radius 2 is 1.94 bits per heavy atom. The van der Waals surface area contributed by atoms with Crippen molar-refractivity contribution in [1.29, 1.82) is 0 Å². The average Bonchev–Trinajstić information content (AvgIpc) is 3.51. The van der Waals surface area contributed by atoms with E-state index in [4.69, 9.17) is 14.5 Å². The molecule has 0 saturated carbocycles. The third-order valence-electron chi connectivity index (χ3n) is 6.90. The Labute approximate surface area is 193 Å². The topological polar surface area (TPSA) is 83.6 Å². The van der Waals surface area contributed by atoms with E-state index in [1.807, 2.05) is 17.9 Å². The summed E-state index contributed by atoms with van der Waals surface area (Å²) in [6.07, 6.45) is 0. The van der Waals surface area contributed by atoms with Gasteiger partial charge in [0.25, 0.3) is 5.91 Å². The number of nitrogens with zero attached hydrogens (tertiary/aromatic N) is 4. The van der Waals surface area contributed by atoms with E-state index in [-0.39, 0.29) is 17.2 Å². The molecule has 2 atom stereocenters. The number of aromatic nitrogens is 3. The maximum atomic E-state index is 13.6. The number of carbonyl (C=O) groups is 1. The number of aryl methyl sites for hydroxylation is 1. The molecule has 8 heteroatoms. The third kappa shape index (κ3) is 3.84. The Morgan fingerprint density at radius 3 is 2.64 bits per heavy atom. The van der Waals surface area contributed by atoms with Crippen LogP contribution in [0.3, 0.4) is 0 Å². The lowest BCUT2D eigenvalue weighted by atomic mass is 9.80. The molecule has 1 aromatic heterocycles. The first-order valence-electron chi connectivity index (χ1n) is 11.2. The Kier molecular flexibility index (Phi) is 5.54. The van der Waals surface area contributed by atoms with Crippen LogP contribution in [0.4, 0.5) is 0 Å². The Hall–Kier alpha value is -3.39. The van der Waals surface area contributed by atoms with Gasteiger partial charge in [0.05, 0.1) is 25.2 Å². The van der Waals surface area contributed by atoms with Gasteiger partial charge in [-0.1, -0.05) is 30.3 Å². The summed E-state index contributed by atoms with van der Waals surface area (Å²) in [5.41, 5.74) is 1.53. The van der Waals surface area contributed by atoms with Gasteiger partial charge >= 0.3 is 0 Å². The summed E-state index contributed by atoms with van der Waals surface area (Å²) < 4.78 is 10.8. The van der Waals surface area contributed by atoms with Gasteiger partial charge in [-0.2, -0.15) is 5.10 Å². The molecule has 2 aliphatic heterocycles. The van der Waals surface area contributed by atoms with E-state index in [9.17, 15) is 4.79 Å². The number of benzene rings is 2. The molecule has 2 fully saturated rings. The summed E-state index contributed by atoms with van der Waals surface area (Å²) in [6, 6.07) is 15.8. The highest BCUT2D eigenvalue weighted by Crippen LogP contribution is 2.44. The number of H-pyrrole nitrogens is 1. The van der Waals surface area contributed by atoms with Crippen LogP contribution in [-0.2, 0) is 12.0 Å². The zero-order valence-electron chi connectivity index (χ0n) is 19.2. The largest absolute Gasteiger partial charge is 0.497 e. The van der Waals surface area contributed by atoms with Crippen LogP contribution in [0.5, 0.6) is 11.5 Å². The van der Waals surface area contributed by atoms with Gasteiger partial charge in [-0.3, -0.25) is 14.8 Å². The number of amides is 1. The van der Waals surface area contributed by atoms with E-state index in [0.29, 0.717) is 30.2 Å². The number of hydrogen-bond acceptors (Lipinski definition) is 6. The average molecular weight is 448 g/mol. The second kappa shape index (κ2) is 8.51. The Morgan fingerprint density at radius 1 is 1.12 bits per heavy atom. The fourth-order valence-electron chi connectivity index (χ4n) is 5.31. The molecule has 0 spiro atoms. The van der Waals surface area contributed by atoms with Crippen molar-refractivity contribution >= 4 is 5.91 Å². The molecule has 2 saturated heterocycles. The minimum Gasteiger partial charge on any atom is -0.497 e. The molecule has 0 aliphatic carbocycles. The van der Waals surface area contributed by atoms with E-state index in [1.54, 1.807) is 32.4 Å². The SMILES string of the molecule is COc1ccc(C(=O)N2C[C@@H]3CN(Cc4ccccc4)C[C@]3(c3n[nH]c(C)n3)C2)c(OC)c1. The monoisotopic (exact) mass is 447 g/mol. The molecule has 3 heterocycles. The second-order valence-electron chi connectivity index (χ2n) is 9.00. The Bertz CT molecular complexity index is 1150. The summed E-state index contributed by atoms with van der Waals surface area (Å²) in [4.78, 5) is 22.7. The zero-order chi connectivity index (χ0) is 23.0. The lowest BCUT2D eigenvalue weighted by molar-refractivity contribution is 0.0765. The summed E-state index contributed by atoms with van der Waals surface area (Å²) in [5.74, 6) is 2.99. The smallest absolute Gasteiger partial charge is 0.257 e. The highest BCUT2D eigenvalue weighted by Gasteiger charge is 2.56. The maximum absolute atomic E-state index is 13.6. The molecular formula is C25H29N5O3. The van der Waals surface area contributed by atoms with Crippen molar-refractivity contribution in [2.45, 2.75) is 18.9 Å². The summed E-state index contributed by atoms with van der Waals surface area (Å²) in [6.45, 7) is 5.74. The van der Waals surface area contributed by atoms with Gasteiger partial charge in [-0.05, 0) is 24.6 Å². The van der Waals surface area contributed by atoms with Gasteiger partial charge in [0, 0.05) is 44.7 Å². The van der Waals surface area contributed by atoms with Crippen molar-refractivity contribution in [3.63, 3.8) is 0 Å². The van der Waals surface area contributed by atoms with Crippen LogP contribution < -0.4 is 9.47 Å². The minimum absolute atomic E-state index is 0.0369. The summed E-state index contributed by atoms with van der Waals surface area (Å²) >= 11 is 0. The molecule has 1 N–H and O–H groups in total. The van der Waals surface area contributed by atoms with E-state index in [2.05, 4.69) is 39.4 Å². The third-order valence-corrected chi connectivity index (χ3v) is 6.90. The number of aromatic amines is 1. The highest BCUT2D eigenvalue weighted by atomic mass is 16.5. The van der Waals surface area contributed by atoms with Crippen molar-refractivity contribution in [1.82, 2.24) is 25.0 Å². The highest BCUT2D eigenvalue weighted by molar-refractivity contribution is 5.97. The lowest BCUT2D eigenvalue weighted by Gasteiger charge is -2.27. The number of carbonyl (C=O) groups excluding carboxylic acids is 1. The predicted molar refractivity (Wildman–Crippen MR) is 123 cm³/mol. The number of methoxy groups -OCH3 is 2. The van der Waals surface area contributed by atoms with E-state index in [1.165, 1.54) is 5.56 Å². The first-order chi connectivity index (χ1) is 16.0. The van der Waals surface area contributed by atoms with Crippen LogP contribution in [0, 0.1) is 12.8 Å². The molecule has 2 aromatic carbocycles. The number of hydrogen-bond donors (Lipinski definition) is 1. The van der Waals surface area contributed by atoms with Gasteiger partial charge in [0.15, 0.2) is 5.82 Å². The first-order valence-corrected chi connectivity index (χ1v) is 11.2. The Balaban J connectivity index is 1.42. The fourth-order valence-corrected chi connectivity index (χ4v) is 5.31. The van der Waals surface area contributed by atoms with E-state index >= 15 is 0 Å². The van der Waals surface area contributed by atoms with Crippen molar-refractivity contribution in [2.24, 2.45) is 5.92 Å². The molecule has 0 bridgehead atoms. The van der Waals surface area contributed by atoms with Crippen LogP contribution in [0.1, 0.15) is 27.6 Å². The number of fused-ring (bicyclic) bond motifs is 1. The van der Waals surface area contributed by atoms with Crippen LogP contribution >= 0.6 is 0 Å². The molecular weight excluding hydrogens is 418 g/mol. The van der Waals surface area contributed by atoms with Crippen LogP contribution in [-0.4, -0.2) is 71.3 Å². The molecule has 5 rings (SSSR count). The normalized spacial score (nSPS) is 22.4. The molecule has 33 heavy (non-hydrogen) atoms. The number of ether oxygens (including phenoxy) is 2. The quantitative estimate of drug-likeness (QED) is 0.626. The van der Waals surface area contributed by atoms with E-state index < -0.39 is 0 Å². The molecule has 3 aromatic rings. The minimum atomic E-state index is -0.297. The fraction of sp³-hybridized carbons (Fsp3) is 0.400. The lowest BCUT2D eigenvalue weighted by Crippen LogP contribution is -2.40. The molecule has 0 radical (unpaired) electrons. The van der Waals surface area contributed by atoms with Crippen molar-refractivity contribution in [3.8, 4) is 11.5 Å². The van der Waals surface area contributed by atoms with Crippen molar-refractivity contribution in [3.05, 3.63) is 71.3 Å². The van der Waals surface area contributed by atoms with Crippen LogP contribution in [0.25, 0.3) is 0 Å². The first kappa shape index (κ1) is 21.5. The van der Waals surface area contributed by atoms with Gasteiger partial charge in [0.2, 0.25) is 0 Å². The molecule has 2 aliphatic rings. The van der Waals surface area contributed by atoms with E-state index in [0.717, 1.165) is 31.3 Å². The van der Waals surface area contributed by atoms with Gasteiger partial charge in [0.1, 0.15) is 17.3 Å². The molecule has 8 nitrogen and oxygen atoms in total. The standard InChI is InChI=1S/C25H29N5O3/c1-17-26-24(28-27-17)25-15-29(12-18-7-5-4-6-8-18)13-19(25)14-30(16-25)23(31)21-10-9-20(32-2)11-22(21)33-3/h4-11,19H,12-16H2,1-3H3,(H,26,27,28)/t19-,25-/m0/s1. The molecule has 0 unspecified atom stereocenters. The second-order valence-corrected chi connectivity index (χ2v) is 9.00. The van der Waals surface area contributed by atoms with Crippen LogP contribution in [0.15, 0.2) is 48.5 Å².